The van der Waals surface area contributed by atoms with Crippen LogP contribution in [-0.4, -0.2) is 48.8 Å². The van der Waals surface area contributed by atoms with E-state index in [1.807, 2.05) is 42.6 Å². The van der Waals surface area contributed by atoms with E-state index in [2.05, 4.69) is 4.98 Å². The second-order valence-corrected chi connectivity index (χ2v) is 7.18. The molecule has 2 aromatic heterocycles. The molecule has 24 heavy (non-hydrogen) atoms. The molecule has 1 amide bonds. The first-order chi connectivity index (χ1) is 11.6. The summed E-state index contributed by atoms with van der Waals surface area (Å²) in [5, 5.41) is 1.91. The smallest absolute Gasteiger partial charge is 0.255 e. The molecule has 0 N–H and O–H groups in total. The van der Waals surface area contributed by atoms with E-state index in [-0.39, 0.29) is 17.6 Å². The summed E-state index contributed by atoms with van der Waals surface area (Å²) in [4.78, 5) is 34.0. The molecule has 0 saturated carbocycles. The SMILES string of the molecule is CN(C)c1ccc(C(=O)N2CCC[C@@H](C(=O)c3cccs3)C2)cn1. The van der Waals surface area contributed by atoms with Crippen LogP contribution in [0, 0.1) is 5.92 Å². The number of carbonyl (C=O) groups is 2. The summed E-state index contributed by atoms with van der Waals surface area (Å²) in [5.74, 6) is 0.825. The lowest BCUT2D eigenvalue weighted by Gasteiger charge is -2.32. The average molecular weight is 343 g/mol. The van der Waals surface area contributed by atoms with Crippen LogP contribution in [0.1, 0.15) is 32.9 Å². The molecule has 0 unspecified atom stereocenters. The number of nitrogens with zero attached hydrogens (tertiary/aromatic N) is 3. The highest BCUT2D eigenvalue weighted by molar-refractivity contribution is 7.12. The molecule has 126 valence electrons. The fourth-order valence-corrected chi connectivity index (χ4v) is 3.70. The number of pyridine rings is 1. The Balaban J connectivity index is 1.70. The number of amides is 1. The maximum atomic E-state index is 12.7. The van der Waals surface area contributed by atoms with Gasteiger partial charge in [0, 0.05) is 39.3 Å². The molecule has 5 nitrogen and oxygen atoms in total. The van der Waals surface area contributed by atoms with Crippen molar-refractivity contribution in [3.63, 3.8) is 0 Å². The van der Waals surface area contributed by atoms with E-state index in [0.717, 1.165) is 23.5 Å². The minimum absolute atomic E-state index is 0.0449. The summed E-state index contributed by atoms with van der Waals surface area (Å²) in [6.45, 7) is 1.19. The van der Waals surface area contributed by atoms with Gasteiger partial charge in [-0.2, -0.15) is 0 Å². The van der Waals surface area contributed by atoms with E-state index in [1.54, 1.807) is 17.2 Å². The molecular weight excluding hydrogens is 322 g/mol. The van der Waals surface area contributed by atoms with Crippen molar-refractivity contribution < 1.29 is 9.59 Å². The normalized spacial score (nSPS) is 17.6. The van der Waals surface area contributed by atoms with Crippen LogP contribution >= 0.6 is 11.3 Å². The molecule has 6 heteroatoms. The van der Waals surface area contributed by atoms with E-state index in [0.29, 0.717) is 18.7 Å². The summed E-state index contributed by atoms with van der Waals surface area (Å²) in [7, 11) is 3.82. The molecule has 1 fully saturated rings. The summed E-state index contributed by atoms with van der Waals surface area (Å²) in [6.07, 6.45) is 3.32. The first kappa shape index (κ1) is 16.6. The van der Waals surface area contributed by atoms with Crippen molar-refractivity contribution in [3.8, 4) is 0 Å². The second kappa shape index (κ2) is 7.13. The third-order valence-corrected chi connectivity index (χ3v) is 5.18. The number of thiophene rings is 1. The Morgan fingerprint density at radius 2 is 2.12 bits per heavy atom. The van der Waals surface area contributed by atoms with Gasteiger partial charge in [0.2, 0.25) is 0 Å². The van der Waals surface area contributed by atoms with Gasteiger partial charge in [0.05, 0.1) is 10.4 Å². The fraction of sp³-hybridized carbons (Fsp3) is 0.389. The van der Waals surface area contributed by atoms with Crippen molar-refractivity contribution in [2.75, 3.05) is 32.1 Å². The van der Waals surface area contributed by atoms with Gasteiger partial charge < -0.3 is 9.80 Å². The standard InChI is InChI=1S/C18H21N3O2S/c1-20(2)16-8-7-13(11-19-16)18(23)21-9-3-5-14(12-21)17(22)15-6-4-10-24-15/h4,6-8,10-11,14H,3,5,9,12H2,1-2H3/t14-/m1/s1. The van der Waals surface area contributed by atoms with Crippen molar-refractivity contribution >= 4 is 28.8 Å². The zero-order valence-electron chi connectivity index (χ0n) is 13.9. The average Bonchev–Trinajstić information content (AvgIpc) is 3.15. The molecule has 2 aromatic rings. The first-order valence-electron chi connectivity index (χ1n) is 8.06. The molecule has 0 radical (unpaired) electrons. The van der Waals surface area contributed by atoms with Crippen LogP contribution < -0.4 is 4.90 Å². The van der Waals surface area contributed by atoms with Gasteiger partial charge in [0.25, 0.3) is 5.91 Å². The number of ketones is 1. The van der Waals surface area contributed by atoms with E-state index in [1.165, 1.54) is 11.3 Å². The highest BCUT2D eigenvalue weighted by Gasteiger charge is 2.30. The molecule has 0 bridgehead atoms. The van der Waals surface area contributed by atoms with Crippen molar-refractivity contribution in [3.05, 3.63) is 46.3 Å². The van der Waals surface area contributed by atoms with Crippen LogP contribution in [0.4, 0.5) is 5.82 Å². The van der Waals surface area contributed by atoms with Crippen LogP contribution in [0.15, 0.2) is 35.8 Å². The van der Waals surface area contributed by atoms with Gasteiger partial charge in [0.15, 0.2) is 5.78 Å². The van der Waals surface area contributed by atoms with E-state index in [4.69, 9.17) is 0 Å². The van der Waals surface area contributed by atoms with Crippen LogP contribution in [0.3, 0.4) is 0 Å². The van der Waals surface area contributed by atoms with Crippen molar-refractivity contribution in [2.45, 2.75) is 12.8 Å². The highest BCUT2D eigenvalue weighted by Crippen LogP contribution is 2.24. The maximum absolute atomic E-state index is 12.7. The zero-order valence-corrected chi connectivity index (χ0v) is 14.8. The maximum Gasteiger partial charge on any atom is 0.255 e. The molecule has 3 rings (SSSR count). The van der Waals surface area contributed by atoms with Gasteiger partial charge in [-0.1, -0.05) is 6.07 Å². The van der Waals surface area contributed by atoms with E-state index >= 15 is 0 Å². The molecule has 1 aliphatic heterocycles. The molecule has 1 saturated heterocycles. The molecule has 3 heterocycles. The predicted octanol–water partition coefficient (Wildman–Crippen LogP) is 2.94. The number of rotatable bonds is 4. The van der Waals surface area contributed by atoms with Crippen LogP contribution in [0.5, 0.6) is 0 Å². The van der Waals surface area contributed by atoms with Gasteiger partial charge in [-0.3, -0.25) is 9.59 Å². The number of likely N-dealkylation sites (tertiary alicyclic amines) is 1. The fourth-order valence-electron chi connectivity index (χ4n) is 2.96. The van der Waals surface area contributed by atoms with Crippen molar-refractivity contribution in [2.24, 2.45) is 5.92 Å². The summed E-state index contributed by atoms with van der Waals surface area (Å²) in [6, 6.07) is 7.39. The molecule has 0 aliphatic carbocycles. The van der Waals surface area contributed by atoms with Gasteiger partial charge in [0.1, 0.15) is 5.82 Å². The topological polar surface area (TPSA) is 53.5 Å². The lowest BCUT2D eigenvalue weighted by molar-refractivity contribution is 0.0638. The second-order valence-electron chi connectivity index (χ2n) is 6.23. The number of piperidine rings is 1. The Kier molecular flexibility index (Phi) is 4.94. The number of aromatic nitrogens is 1. The third-order valence-electron chi connectivity index (χ3n) is 4.30. The first-order valence-corrected chi connectivity index (χ1v) is 8.94. The largest absolute Gasteiger partial charge is 0.363 e. The minimum atomic E-state index is -0.102. The Bertz CT molecular complexity index is 710. The molecular formula is C18H21N3O2S. The van der Waals surface area contributed by atoms with Crippen molar-refractivity contribution in [1.82, 2.24) is 9.88 Å². The van der Waals surface area contributed by atoms with Gasteiger partial charge in [-0.05, 0) is 36.4 Å². The lowest BCUT2D eigenvalue weighted by Crippen LogP contribution is -2.42. The Labute approximate surface area is 145 Å². The molecule has 1 atom stereocenters. The predicted molar refractivity (Wildman–Crippen MR) is 95.8 cm³/mol. The Hall–Kier alpha value is -2.21. The Morgan fingerprint density at radius 3 is 2.75 bits per heavy atom. The van der Waals surface area contributed by atoms with Crippen molar-refractivity contribution in [1.29, 1.82) is 0 Å². The van der Waals surface area contributed by atoms with Crippen LogP contribution in [0.25, 0.3) is 0 Å². The van der Waals surface area contributed by atoms with E-state index < -0.39 is 0 Å². The van der Waals surface area contributed by atoms with Gasteiger partial charge in [-0.15, -0.1) is 11.3 Å². The van der Waals surface area contributed by atoms with Gasteiger partial charge >= 0.3 is 0 Å². The number of hydrogen-bond donors (Lipinski definition) is 0. The lowest BCUT2D eigenvalue weighted by atomic mass is 9.92. The monoisotopic (exact) mass is 343 g/mol. The summed E-state index contributed by atoms with van der Waals surface area (Å²) >= 11 is 1.47. The third kappa shape index (κ3) is 3.48. The molecule has 1 aliphatic rings. The van der Waals surface area contributed by atoms with Gasteiger partial charge in [-0.25, -0.2) is 4.98 Å². The highest BCUT2D eigenvalue weighted by atomic mass is 32.1. The molecule has 0 spiro atoms. The summed E-state index contributed by atoms with van der Waals surface area (Å²) in [5.41, 5.74) is 0.574. The van der Waals surface area contributed by atoms with Crippen LogP contribution in [0.2, 0.25) is 0 Å². The van der Waals surface area contributed by atoms with Crippen LogP contribution in [-0.2, 0) is 0 Å². The number of Topliss-reactive ketones (excluding diaryl/α,β-unsaturated/α-hetero) is 1. The quantitative estimate of drug-likeness (QED) is 0.801. The Morgan fingerprint density at radius 1 is 1.29 bits per heavy atom. The number of anilines is 1. The molecule has 0 aromatic carbocycles. The number of carbonyl (C=O) groups excluding carboxylic acids is 2. The van der Waals surface area contributed by atoms with E-state index in [9.17, 15) is 9.59 Å². The number of hydrogen-bond acceptors (Lipinski definition) is 5. The summed E-state index contributed by atoms with van der Waals surface area (Å²) < 4.78 is 0. The zero-order chi connectivity index (χ0) is 17.1. The minimum Gasteiger partial charge on any atom is -0.363 e.